The number of aliphatic hydroxyl groups excluding tert-OH is 1. The van der Waals surface area contributed by atoms with Crippen LogP contribution in [0.2, 0.25) is 0 Å². The number of aliphatic hydroxyl groups is 1. The molecule has 0 bridgehead atoms. The van der Waals surface area contributed by atoms with E-state index in [9.17, 15) is 5.11 Å². The van der Waals surface area contributed by atoms with E-state index in [1.165, 1.54) is 29.5 Å². The number of β-amino-alcohol motifs (C(OH)–C–C–N with tert-alkyl or cyclic N) is 1. The van der Waals surface area contributed by atoms with Gasteiger partial charge < -0.3 is 9.84 Å². The zero-order chi connectivity index (χ0) is 16.2. The van der Waals surface area contributed by atoms with Crippen LogP contribution in [0.4, 0.5) is 0 Å². The van der Waals surface area contributed by atoms with E-state index in [1.807, 2.05) is 0 Å². The third-order valence-electron chi connectivity index (χ3n) is 5.04. The molecule has 1 atom stereocenters. The summed E-state index contributed by atoms with van der Waals surface area (Å²) in [6, 6.07) is 7.39. The highest BCUT2D eigenvalue weighted by atomic mass is 16.5. The maximum absolute atomic E-state index is 10.5. The summed E-state index contributed by atoms with van der Waals surface area (Å²) in [5.74, 6) is 0. The van der Waals surface area contributed by atoms with Crippen LogP contribution in [0.25, 0.3) is 0 Å². The van der Waals surface area contributed by atoms with Crippen molar-refractivity contribution in [2.24, 2.45) is 0 Å². The van der Waals surface area contributed by atoms with Gasteiger partial charge in [-0.3, -0.25) is 9.80 Å². The van der Waals surface area contributed by atoms with Crippen molar-refractivity contribution in [2.45, 2.75) is 45.4 Å². The molecule has 0 radical (unpaired) electrons. The zero-order valence-electron chi connectivity index (χ0n) is 14.5. The quantitative estimate of drug-likeness (QED) is 0.834. The molecule has 23 heavy (non-hydrogen) atoms. The maximum atomic E-state index is 10.5. The average molecular weight is 318 g/mol. The van der Waals surface area contributed by atoms with Gasteiger partial charge in [0, 0.05) is 38.8 Å². The van der Waals surface area contributed by atoms with Crippen LogP contribution in [0.5, 0.6) is 0 Å². The molecule has 1 saturated heterocycles. The van der Waals surface area contributed by atoms with Gasteiger partial charge in [0.15, 0.2) is 0 Å². The maximum Gasteiger partial charge on any atom is 0.0794 e. The van der Waals surface area contributed by atoms with E-state index in [0.29, 0.717) is 6.04 Å². The van der Waals surface area contributed by atoms with Crippen LogP contribution in [-0.2, 0) is 11.3 Å². The van der Waals surface area contributed by atoms with Gasteiger partial charge >= 0.3 is 0 Å². The molecule has 3 rings (SSSR count). The van der Waals surface area contributed by atoms with Gasteiger partial charge in [0.2, 0.25) is 0 Å². The Labute approximate surface area is 140 Å². The largest absolute Gasteiger partial charge is 0.390 e. The highest BCUT2D eigenvalue weighted by Crippen LogP contribution is 2.28. The number of benzene rings is 1. The number of hydrogen-bond donors (Lipinski definition) is 1. The topological polar surface area (TPSA) is 35.9 Å². The van der Waals surface area contributed by atoms with E-state index in [2.05, 4.69) is 41.8 Å². The first-order chi connectivity index (χ1) is 11.1. The second-order valence-electron chi connectivity index (χ2n) is 7.15. The highest BCUT2D eigenvalue weighted by Gasteiger charge is 2.30. The predicted octanol–water partition coefficient (Wildman–Crippen LogP) is 1.96. The number of aryl methyl sites for hydroxylation is 2. The van der Waals surface area contributed by atoms with E-state index < -0.39 is 0 Å². The van der Waals surface area contributed by atoms with Crippen molar-refractivity contribution in [3.05, 3.63) is 34.9 Å². The Balaban J connectivity index is 1.54. The lowest BCUT2D eigenvalue weighted by atomic mass is 10.1. The first-order valence-electron chi connectivity index (χ1n) is 8.90. The third-order valence-corrected chi connectivity index (χ3v) is 5.04. The van der Waals surface area contributed by atoms with Crippen LogP contribution in [0, 0.1) is 13.8 Å². The lowest BCUT2D eigenvalue weighted by Gasteiger charge is -2.31. The minimum Gasteiger partial charge on any atom is -0.390 e. The molecule has 1 aliphatic carbocycles. The minimum absolute atomic E-state index is 0.278. The second-order valence-corrected chi connectivity index (χ2v) is 7.15. The predicted molar refractivity (Wildman–Crippen MR) is 92.6 cm³/mol. The average Bonchev–Trinajstić information content (AvgIpc) is 3.36. The Hall–Kier alpha value is -0.940. The summed E-state index contributed by atoms with van der Waals surface area (Å²) < 4.78 is 5.38. The molecule has 2 fully saturated rings. The monoisotopic (exact) mass is 318 g/mol. The van der Waals surface area contributed by atoms with Crippen molar-refractivity contribution in [1.29, 1.82) is 0 Å². The van der Waals surface area contributed by atoms with Crippen molar-refractivity contribution in [2.75, 3.05) is 39.4 Å². The Kier molecular flexibility index (Phi) is 5.70. The highest BCUT2D eigenvalue weighted by molar-refractivity contribution is 5.30. The van der Waals surface area contributed by atoms with Crippen LogP contribution >= 0.6 is 0 Å². The van der Waals surface area contributed by atoms with E-state index in [1.54, 1.807) is 0 Å². The normalized spacial score (nSPS) is 20.9. The van der Waals surface area contributed by atoms with E-state index in [0.717, 1.165) is 45.9 Å². The molecule has 128 valence electrons. The summed E-state index contributed by atoms with van der Waals surface area (Å²) in [6.45, 7) is 10.3. The van der Waals surface area contributed by atoms with Gasteiger partial charge in [-0.1, -0.05) is 18.2 Å². The Bertz CT molecular complexity index is 510. The van der Waals surface area contributed by atoms with Gasteiger partial charge in [0.1, 0.15) is 0 Å². The van der Waals surface area contributed by atoms with Gasteiger partial charge in [-0.05, 0) is 43.4 Å². The molecule has 4 nitrogen and oxygen atoms in total. The fraction of sp³-hybridized carbons (Fsp3) is 0.684. The van der Waals surface area contributed by atoms with Gasteiger partial charge in [0.05, 0.1) is 19.3 Å². The Morgan fingerprint density at radius 1 is 1.22 bits per heavy atom. The molecule has 0 aromatic heterocycles. The zero-order valence-corrected chi connectivity index (χ0v) is 14.5. The molecule has 4 heteroatoms. The molecule has 1 aromatic rings. The van der Waals surface area contributed by atoms with Crippen molar-refractivity contribution in [3.8, 4) is 0 Å². The molecule has 2 aliphatic rings. The second kappa shape index (κ2) is 7.75. The van der Waals surface area contributed by atoms with E-state index >= 15 is 0 Å². The molecule has 1 aromatic carbocycles. The summed E-state index contributed by atoms with van der Waals surface area (Å²) >= 11 is 0. The van der Waals surface area contributed by atoms with Crippen molar-refractivity contribution in [1.82, 2.24) is 9.80 Å². The molecule has 1 aliphatic heterocycles. The summed E-state index contributed by atoms with van der Waals surface area (Å²) in [5, 5.41) is 10.5. The van der Waals surface area contributed by atoms with E-state index in [-0.39, 0.29) is 6.10 Å². The van der Waals surface area contributed by atoms with Gasteiger partial charge in [-0.2, -0.15) is 0 Å². The number of hydrogen-bond acceptors (Lipinski definition) is 4. The lowest BCUT2D eigenvalue weighted by Crippen LogP contribution is -2.45. The summed E-state index contributed by atoms with van der Waals surface area (Å²) in [5.41, 5.74) is 4.06. The van der Waals surface area contributed by atoms with Crippen molar-refractivity contribution >= 4 is 0 Å². The summed E-state index contributed by atoms with van der Waals surface area (Å²) in [4.78, 5) is 4.78. The van der Waals surface area contributed by atoms with Gasteiger partial charge in [-0.15, -0.1) is 0 Å². The first kappa shape index (κ1) is 16.9. The molecule has 0 spiro atoms. The smallest absolute Gasteiger partial charge is 0.0794 e. The van der Waals surface area contributed by atoms with E-state index in [4.69, 9.17) is 4.74 Å². The minimum atomic E-state index is -0.278. The van der Waals surface area contributed by atoms with Gasteiger partial charge in [0.25, 0.3) is 0 Å². The molecule has 1 saturated carbocycles. The van der Waals surface area contributed by atoms with Gasteiger partial charge in [-0.25, -0.2) is 0 Å². The third kappa shape index (κ3) is 5.01. The number of rotatable bonds is 7. The molecule has 0 amide bonds. The first-order valence-corrected chi connectivity index (χ1v) is 8.90. The number of morpholine rings is 1. The molecular weight excluding hydrogens is 288 g/mol. The summed E-state index contributed by atoms with van der Waals surface area (Å²) in [6.07, 6.45) is 2.27. The fourth-order valence-corrected chi connectivity index (χ4v) is 3.33. The molecule has 1 unspecified atom stereocenters. The van der Waals surface area contributed by atoms with Crippen molar-refractivity contribution < 1.29 is 9.84 Å². The number of ether oxygens (including phenoxy) is 1. The van der Waals surface area contributed by atoms with Crippen LogP contribution in [0.1, 0.15) is 29.5 Å². The SMILES string of the molecule is Cc1ccc(CN(CC(O)CN2CCOCC2)C2CC2)cc1C. The molecular formula is C19H30N2O2. The van der Waals surface area contributed by atoms with Crippen LogP contribution in [0.15, 0.2) is 18.2 Å². The lowest BCUT2D eigenvalue weighted by molar-refractivity contribution is 0.00551. The fourth-order valence-electron chi connectivity index (χ4n) is 3.33. The summed E-state index contributed by atoms with van der Waals surface area (Å²) in [7, 11) is 0. The Morgan fingerprint density at radius 3 is 2.61 bits per heavy atom. The molecule has 1 heterocycles. The van der Waals surface area contributed by atoms with Crippen LogP contribution < -0.4 is 0 Å². The molecule has 1 N–H and O–H groups in total. The number of nitrogens with zero attached hydrogens (tertiary/aromatic N) is 2. The standard InChI is InChI=1S/C19H30N2O2/c1-15-3-4-17(11-16(15)2)12-21(18-5-6-18)14-19(22)13-20-7-9-23-10-8-20/h3-4,11,18-19,22H,5-10,12-14H2,1-2H3. The van der Waals surface area contributed by atoms with Crippen molar-refractivity contribution in [3.63, 3.8) is 0 Å². The Morgan fingerprint density at radius 2 is 1.96 bits per heavy atom. The van der Waals surface area contributed by atoms with Crippen LogP contribution in [0.3, 0.4) is 0 Å². The van der Waals surface area contributed by atoms with Crippen LogP contribution in [-0.4, -0.2) is 66.4 Å².